The molecule has 172 valence electrons. The largest absolute Gasteiger partial charge is 0.497 e. The lowest BCUT2D eigenvalue weighted by Gasteiger charge is -2.36. The van der Waals surface area contributed by atoms with Crippen LogP contribution < -0.4 is 15.2 Å². The fourth-order valence-corrected chi connectivity index (χ4v) is 4.18. The summed E-state index contributed by atoms with van der Waals surface area (Å²) < 4.78 is 6.69. The van der Waals surface area contributed by atoms with Crippen molar-refractivity contribution in [2.45, 2.75) is 20.4 Å². The van der Waals surface area contributed by atoms with E-state index < -0.39 is 0 Å². The molecule has 0 aliphatic carbocycles. The summed E-state index contributed by atoms with van der Waals surface area (Å²) in [5.41, 5.74) is 2.79. The van der Waals surface area contributed by atoms with Crippen molar-refractivity contribution in [3.05, 3.63) is 75.2 Å². The third-order valence-electron chi connectivity index (χ3n) is 6.08. The fourth-order valence-electron chi connectivity index (χ4n) is 3.99. The Morgan fingerprint density at radius 1 is 1.06 bits per heavy atom. The van der Waals surface area contributed by atoms with E-state index in [1.54, 1.807) is 33.1 Å². The molecule has 0 radical (unpaired) electrons. The summed E-state index contributed by atoms with van der Waals surface area (Å²) in [7, 11) is 1.65. The van der Waals surface area contributed by atoms with Crippen molar-refractivity contribution in [1.29, 1.82) is 0 Å². The minimum atomic E-state index is -0.206. The number of hydrogen-bond donors (Lipinski definition) is 0. The number of piperazine rings is 1. The normalized spacial score (nSPS) is 13.8. The van der Waals surface area contributed by atoms with Crippen LogP contribution in [0.1, 0.15) is 11.3 Å². The average molecular weight is 467 g/mol. The van der Waals surface area contributed by atoms with Gasteiger partial charge in [-0.15, -0.1) is 0 Å². The quantitative estimate of drug-likeness (QED) is 0.575. The molecule has 0 N–H and O–H groups in total. The minimum absolute atomic E-state index is 0.0582. The molecule has 2 aromatic carbocycles. The summed E-state index contributed by atoms with van der Waals surface area (Å²) in [6.45, 7) is 6.10. The first-order valence-corrected chi connectivity index (χ1v) is 11.3. The maximum atomic E-state index is 13.2. The van der Waals surface area contributed by atoms with Gasteiger partial charge in [0.1, 0.15) is 18.1 Å². The maximum absolute atomic E-state index is 13.2. The molecule has 0 atom stereocenters. The molecule has 4 rings (SSSR count). The molecule has 2 heterocycles. The molecule has 0 saturated carbocycles. The number of nitrogens with zero attached hydrogens (tertiary/aromatic N) is 4. The van der Waals surface area contributed by atoms with Crippen LogP contribution in [0, 0.1) is 13.8 Å². The number of hydrogen-bond acceptors (Lipinski definition) is 5. The summed E-state index contributed by atoms with van der Waals surface area (Å²) in [4.78, 5) is 34.9. The standard InChI is InChI=1S/C25H27ClN4O3/c1-17-18(2)27-24(19-5-4-6-20(26)15-19)30(25(17)32)16-23(31)29-13-11-28(12-14-29)21-7-9-22(33-3)10-8-21/h4-10,15H,11-14,16H2,1-3H3. The molecule has 7 nitrogen and oxygen atoms in total. The second kappa shape index (κ2) is 9.67. The number of benzene rings is 2. The lowest BCUT2D eigenvalue weighted by molar-refractivity contribution is -0.132. The van der Waals surface area contributed by atoms with Crippen molar-refractivity contribution >= 4 is 23.2 Å². The molecular weight excluding hydrogens is 440 g/mol. The number of carbonyl (C=O) groups excluding carboxylic acids is 1. The second-order valence-corrected chi connectivity index (χ2v) is 8.55. The molecule has 1 saturated heterocycles. The number of halogens is 1. The molecular formula is C25H27ClN4O3. The van der Waals surface area contributed by atoms with E-state index >= 15 is 0 Å². The van der Waals surface area contributed by atoms with E-state index in [1.807, 2.05) is 41.3 Å². The molecule has 0 bridgehead atoms. The van der Waals surface area contributed by atoms with Gasteiger partial charge in [-0.05, 0) is 50.2 Å². The molecule has 3 aromatic rings. The van der Waals surface area contributed by atoms with Crippen LogP contribution >= 0.6 is 11.6 Å². The van der Waals surface area contributed by atoms with Crippen LogP contribution in [-0.2, 0) is 11.3 Å². The first kappa shape index (κ1) is 22.9. The number of carbonyl (C=O) groups is 1. The van der Waals surface area contributed by atoms with Gasteiger partial charge in [0.05, 0.1) is 7.11 Å². The monoisotopic (exact) mass is 466 g/mol. The van der Waals surface area contributed by atoms with Gasteiger partial charge in [0.2, 0.25) is 5.91 Å². The Hall–Kier alpha value is -3.32. The van der Waals surface area contributed by atoms with Gasteiger partial charge in [0, 0.05) is 53.7 Å². The SMILES string of the molecule is COc1ccc(N2CCN(C(=O)Cn3c(-c4cccc(Cl)c4)nc(C)c(C)c3=O)CC2)cc1. The van der Waals surface area contributed by atoms with Crippen LogP contribution in [0.2, 0.25) is 5.02 Å². The molecule has 1 aliphatic rings. The maximum Gasteiger partial charge on any atom is 0.257 e. The zero-order valence-electron chi connectivity index (χ0n) is 19.0. The molecule has 0 unspecified atom stereocenters. The molecule has 1 fully saturated rings. The van der Waals surface area contributed by atoms with Crippen LogP contribution in [0.3, 0.4) is 0 Å². The Kier molecular flexibility index (Phi) is 6.70. The first-order chi connectivity index (χ1) is 15.9. The highest BCUT2D eigenvalue weighted by atomic mass is 35.5. The zero-order chi connectivity index (χ0) is 23.5. The summed E-state index contributed by atoms with van der Waals surface area (Å²) in [6, 6.07) is 15.1. The summed E-state index contributed by atoms with van der Waals surface area (Å²) in [6.07, 6.45) is 0. The predicted octanol–water partition coefficient (Wildman–Crippen LogP) is 3.54. The minimum Gasteiger partial charge on any atom is -0.497 e. The molecule has 0 spiro atoms. The topological polar surface area (TPSA) is 67.7 Å². The van der Waals surface area contributed by atoms with E-state index in [-0.39, 0.29) is 18.0 Å². The zero-order valence-corrected chi connectivity index (χ0v) is 19.8. The van der Waals surface area contributed by atoms with E-state index in [2.05, 4.69) is 9.88 Å². The number of aryl methyl sites for hydroxylation is 1. The number of amides is 1. The molecule has 33 heavy (non-hydrogen) atoms. The third-order valence-corrected chi connectivity index (χ3v) is 6.32. The van der Waals surface area contributed by atoms with E-state index in [9.17, 15) is 9.59 Å². The Bertz CT molecular complexity index is 1220. The summed E-state index contributed by atoms with van der Waals surface area (Å²) in [5.74, 6) is 1.17. The van der Waals surface area contributed by atoms with E-state index in [0.717, 1.165) is 24.5 Å². The average Bonchev–Trinajstić information content (AvgIpc) is 2.84. The molecule has 8 heteroatoms. The van der Waals surface area contributed by atoms with Gasteiger partial charge in [0.25, 0.3) is 5.56 Å². The van der Waals surface area contributed by atoms with Gasteiger partial charge >= 0.3 is 0 Å². The molecule has 1 aliphatic heterocycles. The fraction of sp³-hybridized carbons (Fsp3) is 0.320. The van der Waals surface area contributed by atoms with Crippen molar-refractivity contribution in [2.75, 3.05) is 38.2 Å². The highest BCUT2D eigenvalue weighted by Gasteiger charge is 2.24. The third kappa shape index (κ3) is 4.88. The highest BCUT2D eigenvalue weighted by Crippen LogP contribution is 2.23. The van der Waals surface area contributed by atoms with Gasteiger partial charge in [-0.1, -0.05) is 23.7 Å². The van der Waals surface area contributed by atoms with Crippen LogP contribution in [0.4, 0.5) is 5.69 Å². The number of ether oxygens (including phenoxy) is 1. The second-order valence-electron chi connectivity index (χ2n) is 8.11. The Morgan fingerprint density at radius 2 is 1.76 bits per heavy atom. The number of methoxy groups -OCH3 is 1. The van der Waals surface area contributed by atoms with Crippen LogP contribution in [0.5, 0.6) is 5.75 Å². The molecule has 1 amide bonds. The van der Waals surface area contributed by atoms with Gasteiger partial charge in [-0.3, -0.25) is 14.2 Å². The number of anilines is 1. The van der Waals surface area contributed by atoms with Crippen LogP contribution in [0.25, 0.3) is 11.4 Å². The van der Waals surface area contributed by atoms with Crippen molar-refractivity contribution in [3.63, 3.8) is 0 Å². The van der Waals surface area contributed by atoms with E-state index in [1.165, 1.54) is 4.57 Å². The van der Waals surface area contributed by atoms with Gasteiger partial charge in [-0.2, -0.15) is 0 Å². The van der Waals surface area contributed by atoms with Crippen molar-refractivity contribution < 1.29 is 9.53 Å². The van der Waals surface area contributed by atoms with Gasteiger partial charge < -0.3 is 14.5 Å². The Morgan fingerprint density at radius 3 is 2.39 bits per heavy atom. The number of rotatable bonds is 5. The van der Waals surface area contributed by atoms with Crippen molar-refractivity contribution in [3.8, 4) is 17.1 Å². The summed E-state index contributed by atoms with van der Waals surface area (Å²) in [5, 5.41) is 0.549. The number of aromatic nitrogens is 2. The van der Waals surface area contributed by atoms with Crippen LogP contribution in [0.15, 0.2) is 53.3 Å². The molecule has 1 aromatic heterocycles. The van der Waals surface area contributed by atoms with Crippen molar-refractivity contribution in [1.82, 2.24) is 14.5 Å². The van der Waals surface area contributed by atoms with E-state index in [4.69, 9.17) is 16.3 Å². The summed E-state index contributed by atoms with van der Waals surface area (Å²) >= 11 is 6.16. The van der Waals surface area contributed by atoms with Crippen LogP contribution in [-0.4, -0.2) is 53.6 Å². The van der Waals surface area contributed by atoms with Crippen molar-refractivity contribution in [2.24, 2.45) is 0 Å². The van der Waals surface area contributed by atoms with Gasteiger partial charge in [-0.25, -0.2) is 4.98 Å². The Balaban J connectivity index is 1.52. The lowest BCUT2D eigenvalue weighted by atomic mass is 10.1. The lowest BCUT2D eigenvalue weighted by Crippen LogP contribution is -2.50. The Labute approximate surface area is 198 Å². The first-order valence-electron chi connectivity index (χ1n) is 10.9. The van der Waals surface area contributed by atoms with Gasteiger partial charge in [0.15, 0.2) is 0 Å². The van der Waals surface area contributed by atoms with E-state index in [0.29, 0.717) is 40.8 Å². The predicted molar refractivity (Wildman–Crippen MR) is 130 cm³/mol. The highest BCUT2D eigenvalue weighted by molar-refractivity contribution is 6.30. The smallest absolute Gasteiger partial charge is 0.257 e.